The summed E-state index contributed by atoms with van der Waals surface area (Å²) in [5.41, 5.74) is 3.46. The van der Waals surface area contributed by atoms with E-state index >= 15 is 0 Å². The van der Waals surface area contributed by atoms with Crippen molar-refractivity contribution in [2.45, 2.75) is 52.6 Å². The first-order valence-corrected chi connectivity index (χ1v) is 7.56. The average molecular weight is 290 g/mol. The fraction of sp³-hybridized carbons (Fsp3) is 0.556. The van der Waals surface area contributed by atoms with Gasteiger partial charge in [0, 0.05) is 6.07 Å². The van der Waals surface area contributed by atoms with E-state index in [-0.39, 0.29) is 5.60 Å². The highest BCUT2D eigenvalue weighted by Gasteiger charge is 2.30. The summed E-state index contributed by atoms with van der Waals surface area (Å²) in [6.07, 6.45) is 3.08. The third kappa shape index (κ3) is 3.34. The number of benzene rings is 1. The van der Waals surface area contributed by atoms with Crippen LogP contribution >= 0.6 is 0 Å². The van der Waals surface area contributed by atoms with Gasteiger partial charge in [0.15, 0.2) is 0 Å². The zero-order valence-corrected chi connectivity index (χ0v) is 14.0. The summed E-state index contributed by atoms with van der Waals surface area (Å²) < 4.78 is 17.2. The molecular weight excluding hydrogens is 264 g/mol. The molecule has 0 fully saturated rings. The predicted molar refractivity (Wildman–Crippen MR) is 85.9 cm³/mol. The van der Waals surface area contributed by atoms with Gasteiger partial charge in [-0.3, -0.25) is 0 Å². The summed E-state index contributed by atoms with van der Waals surface area (Å²) in [4.78, 5) is 0. The molecule has 21 heavy (non-hydrogen) atoms. The lowest BCUT2D eigenvalue weighted by atomic mass is 10.1. The third-order valence-corrected chi connectivity index (χ3v) is 3.53. The van der Waals surface area contributed by atoms with Crippen LogP contribution in [0.25, 0.3) is 5.76 Å². The van der Waals surface area contributed by atoms with Crippen molar-refractivity contribution < 1.29 is 14.2 Å². The topological polar surface area (TPSA) is 27.7 Å². The second kappa shape index (κ2) is 6.00. The fourth-order valence-corrected chi connectivity index (χ4v) is 2.74. The summed E-state index contributed by atoms with van der Waals surface area (Å²) >= 11 is 0. The molecule has 0 saturated heterocycles. The largest absolute Gasteiger partial charge is 0.497 e. The second-order valence-electron chi connectivity index (χ2n) is 6.44. The van der Waals surface area contributed by atoms with Crippen LogP contribution in [-0.4, -0.2) is 19.8 Å². The van der Waals surface area contributed by atoms with E-state index in [1.807, 2.05) is 6.07 Å². The standard InChI is InChI=1S/C18H26O3/c1-7-8-12-9-13-10-14(19-5)11-15(20-6)16(13)17(12)21-18(2,3)4/h10-11H,7-9H2,1-6H3. The van der Waals surface area contributed by atoms with E-state index in [2.05, 4.69) is 33.8 Å². The van der Waals surface area contributed by atoms with Gasteiger partial charge in [-0.05, 0) is 50.8 Å². The monoisotopic (exact) mass is 290 g/mol. The van der Waals surface area contributed by atoms with Crippen molar-refractivity contribution in [1.82, 2.24) is 0 Å². The van der Waals surface area contributed by atoms with E-state index < -0.39 is 0 Å². The van der Waals surface area contributed by atoms with Gasteiger partial charge in [0.1, 0.15) is 22.9 Å². The number of allylic oxidation sites excluding steroid dienone is 1. The number of methoxy groups -OCH3 is 2. The normalized spacial score (nSPS) is 14.2. The highest BCUT2D eigenvalue weighted by Crippen LogP contribution is 2.44. The Labute approximate surface area is 127 Å². The van der Waals surface area contributed by atoms with Gasteiger partial charge in [-0.15, -0.1) is 0 Å². The van der Waals surface area contributed by atoms with Gasteiger partial charge in [0.05, 0.1) is 19.8 Å². The zero-order valence-electron chi connectivity index (χ0n) is 14.0. The Balaban J connectivity index is 2.52. The Bertz CT molecular complexity index is 550. The molecule has 0 atom stereocenters. The summed E-state index contributed by atoms with van der Waals surface area (Å²) in [6, 6.07) is 4.02. The Hall–Kier alpha value is -1.64. The van der Waals surface area contributed by atoms with Gasteiger partial charge in [-0.1, -0.05) is 13.3 Å². The van der Waals surface area contributed by atoms with Crippen molar-refractivity contribution in [3.05, 3.63) is 28.8 Å². The maximum atomic E-state index is 6.27. The molecule has 3 nitrogen and oxygen atoms in total. The molecule has 0 N–H and O–H groups in total. The van der Waals surface area contributed by atoms with E-state index in [9.17, 15) is 0 Å². The molecule has 0 amide bonds. The smallest absolute Gasteiger partial charge is 0.133 e. The fourth-order valence-electron chi connectivity index (χ4n) is 2.74. The molecule has 1 aromatic carbocycles. The Kier molecular flexibility index (Phi) is 4.50. The molecule has 0 heterocycles. The molecule has 0 unspecified atom stereocenters. The first kappa shape index (κ1) is 15.7. The minimum absolute atomic E-state index is 0.221. The quantitative estimate of drug-likeness (QED) is 0.794. The molecule has 1 aromatic rings. The Morgan fingerprint density at radius 3 is 2.33 bits per heavy atom. The summed E-state index contributed by atoms with van der Waals surface area (Å²) in [6.45, 7) is 8.44. The maximum absolute atomic E-state index is 6.27. The lowest BCUT2D eigenvalue weighted by Crippen LogP contribution is -2.18. The molecular formula is C18H26O3. The van der Waals surface area contributed by atoms with Crippen molar-refractivity contribution in [3.8, 4) is 11.5 Å². The summed E-state index contributed by atoms with van der Waals surface area (Å²) in [5.74, 6) is 2.66. The van der Waals surface area contributed by atoms with Gasteiger partial charge < -0.3 is 14.2 Å². The van der Waals surface area contributed by atoms with Crippen LogP contribution in [-0.2, 0) is 11.2 Å². The molecule has 0 aliphatic heterocycles. The predicted octanol–water partition coefficient (Wildman–Crippen LogP) is 4.59. The van der Waals surface area contributed by atoms with Crippen molar-refractivity contribution in [2.24, 2.45) is 0 Å². The lowest BCUT2D eigenvalue weighted by molar-refractivity contribution is 0.0956. The molecule has 0 spiro atoms. The highest BCUT2D eigenvalue weighted by molar-refractivity contribution is 5.77. The number of ether oxygens (including phenoxy) is 3. The molecule has 0 bridgehead atoms. The van der Waals surface area contributed by atoms with E-state index in [1.165, 1.54) is 11.1 Å². The molecule has 2 rings (SSSR count). The van der Waals surface area contributed by atoms with Crippen LogP contribution < -0.4 is 9.47 Å². The van der Waals surface area contributed by atoms with Crippen LogP contribution in [0.3, 0.4) is 0 Å². The number of fused-ring (bicyclic) bond motifs is 1. The average Bonchev–Trinajstić information content (AvgIpc) is 2.74. The summed E-state index contributed by atoms with van der Waals surface area (Å²) in [5, 5.41) is 0. The number of hydrogen-bond donors (Lipinski definition) is 0. The zero-order chi connectivity index (χ0) is 15.6. The highest BCUT2D eigenvalue weighted by atomic mass is 16.5. The van der Waals surface area contributed by atoms with Crippen LogP contribution in [0.2, 0.25) is 0 Å². The maximum Gasteiger partial charge on any atom is 0.133 e. The van der Waals surface area contributed by atoms with Gasteiger partial charge >= 0.3 is 0 Å². The molecule has 0 aromatic heterocycles. The van der Waals surface area contributed by atoms with Crippen LogP contribution in [0.1, 0.15) is 51.7 Å². The third-order valence-electron chi connectivity index (χ3n) is 3.53. The van der Waals surface area contributed by atoms with Crippen molar-refractivity contribution in [3.63, 3.8) is 0 Å². The molecule has 1 aliphatic rings. The molecule has 1 aliphatic carbocycles. The van der Waals surface area contributed by atoms with Crippen molar-refractivity contribution in [2.75, 3.05) is 14.2 Å². The number of rotatable bonds is 5. The van der Waals surface area contributed by atoms with Gasteiger partial charge in [-0.25, -0.2) is 0 Å². The molecule has 0 radical (unpaired) electrons. The van der Waals surface area contributed by atoms with Crippen LogP contribution in [0, 0.1) is 0 Å². The van der Waals surface area contributed by atoms with Gasteiger partial charge in [0.2, 0.25) is 0 Å². The van der Waals surface area contributed by atoms with E-state index in [0.29, 0.717) is 0 Å². The minimum Gasteiger partial charge on any atom is -0.497 e. The van der Waals surface area contributed by atoms with Crippen molar-refractivity contribution in [1.29, 1.82) is 0 Å². The SMILES string of the molecule is CCCC1=C(OC(C)(C)C)c2c(cc(OC)cc2OC)C1. The minimum atomic E-state index is -0.221. The van der Waals surface area contributed by atoms with E-state index in [0.717, 1.165) is 42.1 Å². The molecule has 116 valence electrons. The van der Waals surface area contributed by atoms with Crippen molar-refractivity contribution >= 4 is 5.76 Å². The summed E-state index contributed by atoms with van der Waals surface area (Å²) in [7, 11) is 3.38. The second-order valence-corrected chi connectivity index (χ2v) is 6.44. The first-order chi connectivity index (χ1) is 9.89. The Morgan fingerprint density at radius 2 is 1.81 bits per heavy atom. The van der Waals surface area contributed by atoms with Gasteiger partial charge in [-0.2, -0.15) is 0 Å². The van der Waals surface area contributed by atoms with Crippen LogP contribution in [0.4, 0.5) is 0 Å². The molecule has 3 heteroatoms. The van der Waals surface area contributed by atoms with E-state index in [4.69, 9.17) is 14.2 Å². The van der Waals surface area contributed by atoms with Crippen LogP contribution in [0.15, 0.2) is 17.7 Å². The van der Waals surface area contributed by atoms with Crippen LogP contribution in [0.5, 0.6) is 11.5 Å². The Morgan fingerprint density at radius 1 is 1.10 bits per heavy atom. The van der Waals surface area contributed by atoms with E-state index in [1.54, 1.807) is 14.2 Å². The number of hydrogen-bond acceptors (Lipinski definition) is 3. The first-order valence-electron chi connectivity index (χ1n) is 7.56. The lowest BCUT2D eigenvalue weighted by Gasteiger charge is -2.25. The van der Waals surface area contributed by atoms with Gasteiger partial charge in [0.25, 0.3) is 0 Å². The molecule has 0 saturated carbocycles.